The molecular weight excluding hydrogens is 408 g/mol. The molecular formula is C25H34N2O3S. The summed E-state index contributed by atoms with van der Waals surface area (Å²) in [6.07, 6.45) is 9.40. The van der Waals surface area contributed by atoms with Gasteiger partial charge in [0.1, 0.15) is 0 Å². The Morgan fingerprint density at radius 2 is 1.55 bits per heavy atom. The van der Waals surface area contributed by atoms with Gasteiger partial charge >= 0.3 is 0 Å². The number of aryl methyl sites for hydroxylation is 1. The first-order chi connectivity index (χ1) is 14.9. The Morgan fingerprint density at radius 3 is 2.19 bits per heavy atom. The highest BCUT2D eigenvalue weighted by atomic mass is 32.2. The number of hydrogen-bond acceptors (Lipinski definition) is 3. The quantitative estimate of drug-likeness (QED) is 0.611. The normalized spacial score (nSPS) is 16.8. The van der Waals surface area contributed by atoms with Gasteiger partial charge in [-0.05, 0) is 49.4 Å². The fourth-order valence-electron chi connectivity index (χ4n) is 4.10. The van der Waals surface area contributed by atoms with E-state index in [9.17, 15) is 13.2 Å². The van der Waals surface area contributed by atoms with Gasteiger partial charge in [0.05, 0.1) is 4.90 Å². The van der Waals surface area contributed by atoms with Gasteiger partial charge in [0.2, 0.25) is 15.9 Å². The highest BCUT2D eigenvalue weighted by molar-refractivity contribution is 7.89. The Bertz CT molecular complexity index is 919. The molecule has 2 aromatic carbocycles. The molecule has 1 aliphatic carbocycles. The Kier molecular flexibility index (Phi) is 8.67. The van der Waals surface area contributed by atoms with E-state index in [2.05, 4.69) is 10.0 Å². The van der Waals surface area contributed by atoms with Crippen LogP contribution in [0.25, 0.3) is 0 Å². The van der Waals surface area contributed by atoms with Crippen molar-refractivity contribution in [2.24, 2.45) is 0 Å². The maximum absolute atomic E-state index is 12.7. The van der Waals surface area contributed by atoms with Crippen molar-refractivity contribution in [2.75, 3.05) is 0 Å². The Morgan fingerprint density at radius 1 is 0.935 bits per heavy atom. The maximum atomic E-state index is 12.7. The predicted octanol–water partition coefficient (Wildman–Crippen LogP) is 4.89. The van der Waals surface area contributed by atoms with Gasteiger partial charge < -0.3 is 5.32 Å². The van der Waals surface area contributed by atoms with Crippen LogP contribution in [0, 0.1) is 0 Å². The van der Waals surface area contributed by atoms with Crippen molar-refractivity contribution in [1.29, 1.82) is 0 Å². The SMILES string of the molecule is C[C@@H](NS(=O)(=O)c1ccc(CCC(=O)NC2CCCCCCC2)cc1)c1ccccc1. The van der Waals surface area contributed by atoms with E-state index in [0.717, 1.165) is 24.0 Å². The van der Waals surface area contributed by atoms with Crippen molar-refractivity contribution in [3.63, 3.8) is 0 Å². The number of nitrogens with one attached hydrogen (secondary N) is 2. The van der Waals surface area contributed by atoms with Gasteiger partial charge in [0.25, 0.3) is 0 Å². The molecule has 3 rings (SSSR count). The summed E-state index contributed by atoms with van der Waals surface area (Å²) in [5.74, 6) is 0.0839. The molecule has 0 unspecified atom stereocenters. The second-order valence-electron chi connectivity index (χ2n) is 8.51. The standard InChI is InChI=1S/C25H34N2O3S/c1-20(22-10-6-5-7-11-22)27-31(29,30)24-17-14-21(15-18-24)16-19-25(28)26-23-12-8-3-2-4-9-13-23/h5-7,10-11,14-15,17-18,20,23,27H,2-4,8-9,12-13,16,19H2,1H3,(H,26,28)/t20-/m1/s1. The monoisotopic (exact) mass is 442 g/mol. The number of amides is 1. The molecule has 1 aliphatic rings. The van der Waals surface area contributed by atoms with Crippen LogP contribution in [-0.2, 0) is 21.2 Å². The molecule has 6 heteroatoms. The lowest BCUT2D eigenvalue weighted by Gasteiger charge is -2.21. The summed E-state index contributed by atoms with van der Waals surface area (Å²) in [5.41, 5.74) is 1.88. The first-order valence-corrected chi connectivity index (χ1v) is 12.9. The minimum Gasteiger partial charge on any atom is -0.353 e. The van der Waals surface area contributed by atoms with E-state index in [4.69, 9.17) is 0 Å². The van der Waals surface area contributed by atoms with E-state index in [-0.39, 0.29) is 16.8 Å². The van der Waals surface area contributed by atoms with Crippen molar-refractivity contribution in [3.05, 3.63) is 65.7 Å². The van der Waals surface area contributed by atoms with Crippen molar-refractivity contribution < 1.29 is 13.2 Å². The van der Waals surface area contributed by atoms with Crippen molar-refractivity contribution in [2.45, 2.75) is 81.7 Å². The summed E-state index contributed by atoms with van der Waals surface area (Å²) < 4.78 is 28.1. The van der Waals surface area contributed by atoms with Crippen LogP contribution in [0.2, 0.25) is 0 Å². The summed E-state index contributed by atoms with van der Waals surface area (Å²) in [7, 11) is -3.61. The smallest absolute Gasteiger partial charge is 0.241 e. The number of benzene rings is 2. The van der Waals surface area contributed by atoms with Crippen LogP contribution in [0.5, 0.6) is 0 Å². The molecule has 5 nitrogen and oxygen atoms in total. The van der Waals surface area contributed by atoms with Crippen LogP contribution in [-0.4, -0.2) is 20.4 Å². The fourth-order valence-corrected chi connectivity index (χ4v) is 5.34. The van der Waals surface area contributed by atoms with Gasteiger partial charge in [-0.15, -0.1) is 0 Å². The number of carbonyl (C=O) groups is 1. The topological polar surface area (TPSA) is 75.3 Å². The Hall–Kier alpha value is -2.18. The molecule has 0 saturated heterocycles. The van der Waals surface area contributed by atoms with E-state index >= 15 is 0 Å². The van der Waals surface area contributed by atoms with Crippen LogP contribution in [0.3, 0.4) is 0 Å². The predicted molar refractivity (Wildman–Crippen MR) is 124 cm³/mol. The van der Waals surface area contributed by atoms with Crippen LogP contribution in [0.15, 0.2) is 59.5 Å². The molecule has 0 aliphatic heterocycles. The Balaban J connectivity index is 1.50. The average Bonchev–Trinajstić information content (AvgIpc) is 2.75. The summed E-state index contributed by atoms with van der Waals surface area (Å²) in [6.45, 7) is 1.83. The maximum Gasteiger partial charge on any atom is 0.241 e. The lowest BCUT2D eigenvalue weighted by molar-refractivity contribution is -0.121. The van der Waals surface area contributed by atoms with Crippen LogP contribution in [0.1, 0.15) is 75.5 Å². The number of carbonyl (C=O) groups excluding carboxylic acids is 1. The molecule has 0 spiro atoms. The fraction of sp³-hybridized carbons (Fsp3) is 0.480. The second-order valence-corrected chi connectivity index (χ2v) is 10.2. The lowest BCUT2D eigenvalue weighted by atomic mass is 9.96. The molecule has 168 valence electrons. The zero-order valence-corrected chi connectivity index (χ0v) is 19.2. The highest BCUT2D eigenvalue weighted by Gasteiger charge is 2.18. The van der Waals surface area contributed by atoms with E-state index in [1.807, 2.05) is 37.3 Å². The largest absolute Gasteiger partial charge is 0.353 e. The van der Waals surface area contributed by atoms with E-state index in [0.29, 0.717) is 18.9 Å². The van der Waals surface area contributed by atoms with E-state index in [1.165, 1.54) is 32.1 Å². The number of hydrogen-bond donors (Lipinski definition) is 2. The van der Waals surface area contributed by atoms with Gasteiger partial charge in [0, 0.05) is 18.5 Å². The number of rotatable bonds is 8. The lowest BCUT2D eigenvalue weighted by Crippen LogP contribution is -2.35. The van der Waals surface area contributed by atoms with Gasteiger partial charge in [-0.1, -0.05) is 74.6 Å². The molecule has 1 atom stereocenters. The molecule has 0 radical (unpaired) electrons. The first-order valence-electron chi connectivity index (χ1n) is 11.4. The molecule has 0 bridgehead atoms. The summed E-state index contributed by atoms with van der Waals surface area (Å²) in [5, 5.41) is 3.18. The molecule has 0 heterocycles. The zero-order chi connectivity index (χ0) is 22.1. The van der Waals surface area contributed by atoms with E-state index < -0.39 is 10.0 Å². The van der Waals surface area contributed by atoms with E-state index in [1.54, 1.807) is 24.3 Å². The molecule has 31 heavy (non-hydrogen) atoms. The second kappa shape index (κ2) is 11.4. The minimum absolute atomic E-state index is 0.0839. The third-order valence-electron chi connectivity index (χ3n) is 5.98. The summed E-state index contributed by atoms with van der Waals surface area (Å²) in [6, 6.07) is 16.3. The van der Waals surface area contributed by atoms with Gasteiger partial charge in [-0.2, -0.15) is 0 Å². The van der Waals surface area contributed by atoms with Gasteiger partial charge in [-0.25, -0.2) is 13.1 Å². The first kappa shape index (κ1) is 23.5. The third-order valence-corrected chi connectivity index (χ3v) is 7.53. The number of sulfonamides is 1. The molecule has 2 N–H and O–H groups in total. The minimum atomic E-state index is -3.61. The van der Waals surface area contributed by atoms with Crippen LogP contribution < -0.4 is 10.0 Å². The van der Waals surface area contributed by atoms with Crippen molar-refractivity contribution >= 4 is 15.9 Å². The highest BCUT2D eigenvalue weighted by Crippen LogP contribution is 2.19. The van der Waals surface area contributed by atoms with Gasteiger partial charge in [-0.3, -0.25) is 4.79 Å². The summed E-state index contributed by atoms with van der Waals surface area (Å²) >= 11 is 0. The molecule has 1 fully saturated rings. The van der Waals surface area contributed by atoms with Crippen LogP contribution >= 0.6 is 0 Å². The van der Waals surface area contributed by atoms with Gasteiger partial charge in [0.15, 0.2) is 0 Å². The Labute approximate surface area is 186 Å². The third kappa shape index (κ3) is 7.47. The van der Waals surface area contributed by atoms with Crippen molar-refractivity contribution in [3.8, 4) is 0 Å². The molecule has 1 saturated carbocycles. The van der Waals surface area contributed by atoms with Crippen molar-refractivity contribution in [1.82, 2.24) is 10.0 Å². The average molecular weight is 443 g/mol. The molecule has 0 aromatic heterocycles. The van der Waals surface area contributed by atoms with Crippen LogP contribution in [0.4, 0.5) is 0 Å². The zero-order valence-electron chi connectivity index (χ0n) is 18.3. The molecule has 1 amide bonds. The summed E-state index contributed by atoms with van der Waals surface area (Å²) in [4.78, 5) is 12.6. The molecule has 2 aromatic rings.